The zero-order valence-corrected chi connectivity index (χ0v) is 20.1. The van der Waals surface area contributed by atoms with Crippen molar-refractivity contribution >= 4 is 5.83 Å². The monoisotopic (exact) mass is 484 g/mol. The number of hydrogen-bond donors (Lipinski definition) is 0. The minimum Gasteiger partial charge on any atom is -0.364 e. The van der Waals surface area contributed by atoms with Crippen molar-refractivity contribution in [3.05, 3.63) is 40.7 Å². The van der Waals surface area contributed by atoms with Gasteiger partial charge in [0, 0.05) is 17.9 Å². The van der Waals surface area contributed by atoms with Gasteiger partial charge in [0.1, 0.15) is 5.83 Å². The van der Waals surface area contributed by atoms with Crippen LogP contribution in [0.25, 0.3) is 5.83 Å². The third-order valence-electron chi connectivity index (χ3n) is 8.53. The highest BCUT2D eigenvalue weighted by Gasteiger charge is 2.42. The van der Waals surface area contributed by atoms with Crippen LogP contribution in [0.3, 0.4) is 0 Å². The standard InChI is InChI=1S/C28H37F5O/c1-2-3-4-18-5-7-19(8-6-18)20-9-11-21(12-10-20)26(29)27(30)23-14-13-22-16-25(28(31,32)33)34-17-24(22)15-23/h13-15,18-21,25H,2-12,16-17H2,1H3. The van der Waals surface area contributed by atoms with Crippen molar-refractivity contribution in [2.75, 3.05) is 0 Å². The molecule has 1 aliphatic heterocycles. The molecule has 2 saturated carbocycles. The smallest absolute Gasteiger partial charge is 0.364 e. The van der Waals surface area contributed by atoms with Crippen LogP contribution in [-0.2, 0) is 17.8 Å². The molecule has 1 aromatic rings. The number of halogens is 5. The summed E-state index contributed by atoms with van der Waals surface area (Å²) < 4.78 is 73.8. The maximum absolute atomic E-state index is 15.1. The lowest BCUT2D eigenvalue weighted by Crippen LogP contribution is -2.36. The Balaban J connectivity index is 1.32. The molecule has 4 rings (SSSR count). The lowest BCUT2D eigenvalue weighted by Gasteiger charge is -2.37. The highest BCUT2D eigenvalue weighted by Crippen LogP contribution is 2.45. The third kappa shape index (κ3) is 6.03. The van der Waals surface area contributed by atoms with E-state index in [2.05, 4.69) is 6.92 Å². The SMILES string of the molecule is CCCCC1CCC(C2CCC(C(F)=C(F)c3ccc4c(c3)COC(C(F)(F)F)C4)CC2)CC1. The molecule has 0 spiro atoms. The van der Waals surface area contributed by atoms with E-state index in [4.69, 9.17) is 4.74 Å². The average molecular weight is 485 g/mol. The maximum Gasteiger partial charge on any atom is 0.414 e. The first-order valence-corrected chi connectivity index (χ1v) is 13.1. The van der Waals surface area contributed by atoms with Gasteiger partial charge in [0.15, 0.2) is 11.9 Å². The molecule has 1 heterocycles. The molecule has 1 atom stereocenters. The number of benzene rings is 1. The summed E-state index contributed by atoms with van der Waals surface area (Å²) in [6.45, 7) is 2.00. The van der Waals surface area contributed by atoms with Gasteiger partial charge >= 0.3 is 6.18 Å². The van der Waals surface area contributed by atoms with Crippen molar-refractivity contribution < 1.29 is 26.7 Å². The molecule has 0 amide bonds. The van der Waals surface area contributed by atoms with Crippen LogP contribution in [0.2, 0.25) is 0 Å². The first-order valence-electron chi connectivity index (χ1n) is 13.1. The van der Waals surface area contributed by atoms with Gasteiger partial charge in [-0.2, -0.15) is 13.2 Å². The van der Waals surface area contributed by atoms with Gasteiger partial charge in [0.05, 0.1) is 6.61 Å². The lowest BCUT2D eigenvalue weighted by molar-refractivity contribution is -0.226. The second-order valence-electron chi connectivity index (χ2n) is 10.7. The van der Waals surface area contributed by atoms with Gasteiger partial charge in [-0.15, -0.1) is 0 Å². The summed E-state index contributed by atoms with van der Waals surface area (Å²) in [5.74, 6) is 0.258. The Morgan fingerprint density at radius 1 is 0.912 bits per heavy atom. The van der Waals surface area contributed by atoms with Crippen molar-refractivity contribution in [1.82, 2.24) is 0 Å². The second kappa shape index (κ2) is 11.1. The molecule has 0 saturated heterocycles. The third-order valence-corrected chi connectivity index (χ3v) is 8.53. The maximum atomic E-state index is 15.1. The predicted octanol–water partition coefficient (Wildman–Crippen LogP) is 9.10. The van der Waals surface area contributed by atoms with E-state index in [1.807, 2.05) is 0 Å². The summed E-state index contributed by atoms with van der Waals surface area (Å²) >= 11 is 0. The molecular weight excluding hydrogens is 447 g/mol. The zero-order valence-electron chi connectivity index (χ0n) is 20.1. The molecule has 0 aromatic heterocycles. The number of alkyl halides is 3. The molecule has 2 fully saturated rings. The van der Waals surface area contributed by atoms with E-state index in [9.17, 15) is 13.2 Å². The van der Waals surface area contributed by atoms with E-state index in [1.165, 1.54) is 63.1 Å². The van der Waals surface area contributed by atoms with Crippen LogP contribution in [0, 0.1) is 23.7 Å². The van der Waals surface area contributed by atoms with E-state index in [0.717, 1.165) is 24.7 Å². The molecule has 1 nitrogen and oxygen atoms in total. The Labute approximate surface area is 200 Å². The zero-order chi connectivity index (χ0) is 24.3. The summed E-state index contributed by atoms with van der Waals surface area (Å²) in [6.07, 6.45) is 5.80. The quantitative estimate of drug-likeness (QED) is 0.366. The van der Waals surface area contributed by atoms with Crippen LogP contribution in [0.4, 0.5) is 22.0 Å². The summed E-state index contributed by atoms with van der Waals surface area (Å²) in [5, 5.41) is 0. The number of fused-ring (bicyclic) bond motifs is 1. The Kier molecular flexibility index (Phi) is 8.37. The number of unbranched alkanes of at least 4 members (excludes halogenated alkanes) is 1. The van der Waals surface area contributed by atoms with Crippen molar-refractivity contribution in [3.63, 3.8) is 0 Å². The molecule has 1 aromatic carbocycles. The molecule has 6 heteroatoms. The number of allylic oxidation sites excluding steroid dienone is 1. The van der Waals surface area contributed by atoms with Crippen LogP contribution in [0.15, 0.2) is 24.0 Å². The molecular formula is C28H37F5O. The number of ether oxygens (including phenoxy) is 1. The first kappa shape index (κ1) is 25.7. The van der Waals surface area contributed by atoms with Crippen molar-refractivity contribution in [2.45, 2.75) is 103 Å². The molecule has 2 aliphatic carbocycles. The van der Waals surface area contributed by atoms with Crippen LogP contribution in [-0.4, -0.2) is 12.3 Å². The highest BCUT2D eigenvalue weighted by molar-refractivity contribution is 5.62. The Hall–Kier alpha value is -1.43. The van der Waals surface area contributed by atoms with Crippen molar-refractivity contribution in [2.24, 2.45) is 23.7 Å². The van der Waals surface area contributed by atoms with Gasteiger partial charge in [0.2, 0.25) is 0 Å². The highest BCUT2D eigenvalue weighted by atomic mass is 19.4. The summed E-state index contributed by atoms with van der Waals surface area (Å²) in [4.78, 5) is 0. The number of rotatable bonds is 6. The summed E-state index contributed by atoms with van der Waals surface area (Å²) in [6, 6.07) is 4.32. The Morgan fingerprint density at radius 2 is 1.56 bits per heavy atom. The topological polar surface area (TPSA) is 9.23 Å². The van der Waals surface area contributed by atoms with E-state index in [0.29, 0.717) is 29.9 Å². The first-order chi connectivity index (χ1) is 16.3. The van der Waals surface area contributed by atoms with Gasteiger partial charge in [-0.25, -0.2) is 8.78 Å². The van der Waals surface area contributed by atoms with E-state index in [-0.39, 0.29) is 18.6 Å². The van der Waals surface area contributed by atoms with Crippen LogP contribution < -0.4 is 0 Å². The second-order valence-corrected chi connectivity index (χ2v) is 10.7. The van der Waals surface area contributed by atoms with Crippen molar-refractivity contribution in [1.29, 1.82) is 0 Å². The van der Waals surface area contributed by atoms with E-state index in [1.54, 1.807) is 0 Å². The fourth-order valence-corrected chi connectivity index (χ4v) is 6.36. The van der Waals surface area contributed by atoms with Gasteiger partial charge in [-0.3, -0.25) is 0 Å². The predicted molar refractivity (Wildman–Crippen MR) is 124 cm³/mol. The molecule has 0 bridgehead atoms. The summed E-state index contributed by atoms with van der Waals surface area (Å²) in [5.41, 5.74) is 1.08. The fourth-order valence-electron chi connectivity index (χ4n) is 6.36. The molecule has 34 heavy (non-hydrogen) atoms. The van der Waals surface area contributed by atoms with Crippen LogP contribution in [0.5, 0.6) is 0 Å². The van der Waals surface area contributed by atoms with Gasteiger partial charge in [0.25, 0.3) is 0 Å². The van der Waals surface area contributed by atoms with Gasteiger partial charge in [-0.05, 0) is 73.5 Å². The van der Waals surface area contributed by atoms with E-state index >= 15 is 8.78 Å². The van der Waals surface area contributed by atoms with E-state index < -0.39 is 29.9 Å². The molecule has 3 aliphatic rings. The molecule has 0 radical (unpaired) electrons. The average Bonchev–Trinajstić information content (AvgIpc) is 2.86. The van der Waals surface area contributed by atoms with Crippen LogP contribution in [0.1, 0.15) is 94.2 Å². The summed E-state index contributed by atoms with van der Waals surface area (Å²) in [7, 11) is 0. The Bertz CT molecular complexity index is 845. The van der Waals surface area contributed by atoms with Crippen LogP contribution >= 0.6 is 0 Å². The van der Waals surface area contributed by atoms with Gasteiger partial charge < -0.3 is 4.74 Å². The normalized spacial score (nSPS) is 31.1. The minimum atomic E-state index is -4.43. The van der Waals surface area contributed by atoms with Gasteiger partial charge in [-0.1, -0.05) is 51.2 Å². The van der Waals surface area contributed by atoms with Crippen molar-refractivity contribution in [3.8, 4) is 0 Å². The molecule has 190 valence electrons. The molecule has 1 unspecified atom stereocenters. The lowest BCUT2D eigenvalue weighted by atomic mass is 9.68. The molecule has 0 N–H and O–H groups in total. The Morgan fingerprint density at radius 3 is 2.18 bits per heavy atom. The largest absolute Gasteiger partial charge is 0.414 e. The number of hydrogen-bond acceptors (Lipinski definition) is 1. The minimum absolute atomic E-state index is 0.0952. The fraction of sp³-hybridized carbons (Fsp3) is 0.714.